The highest BCUT2D eigenvalue weighted by Gasteiger charge is 2.10. The highest BCUT2D eigenvalue weighted by Crippen LogP contribution is 2.17. The Morgan fingerprint density at radius 1 is 1.27 bits per heavy atom. The summed E-state index contributed by atoms with van der Waals surface area (Å²) in [6, 6.07) is 9.93. The molecule has 0 aliphatic heterocycles. The number of Topliss-reactive ketones (excluding diaryl/α,β-unsaturated/α-hetero) is 1. The van der Waals surface area contributed by atoms with Crippen molar-refractivity contribution >= 4 is 5.78 Å². The molecule has 0 aliphatic rings. The molecule has 84 valence electrons. The number of benzene rings is 1. The second-order valence-electron chi connectivity index (χ2n) is 3.25. The van der Waals surface area contributed by atoms with E-state index in [1.165, 1.54) is 0 Å². The Bertz CT molecular complexity index is 269. The van der Waals surface area contributed by atoms with E-state index in [0.29, 0.717) is 13.0 Å². The third kappa shape index (κ3) is 5.33. The van der Waals surface area contributed by atoms with E-state index >= 15 is 0 Å². The molecule has 2 N–H and O–H groups in total. The first-order valence-corrected chi connectivity index (χ1v) is 5.48. The molecule has 0 spiro atoms. The van der Waals surface area contributed by atoms with E-state index in [9.17, 15) is 4.79 Å². The molecule has 1 aromatic rings. The molecule has 0 bridgehead atoms. The Morgan fingerprint density at radius 2 is 1.80 bits per heavy atom. The average Bonchev–Trinajstić information content (AvgIpc) is 2.29. The Balaban J connectivity index is 0.000000921. The van der Waals surface area contributed by atoms with Crippen LogP contribution >= 0.6 is 0 Å². The lowest BCUT2D eigenvalue weighted by Gasteiger charge is -2.12. The topological polar surface area (TPSA) is 43.1 Å². The number of hydrogen-bond acceptors (Lipinski definition) is 2. The Kier molecular flexibility index (Phi) is 7.56. The number of hydrogen-bond donors (Lipinski definition) is 1. The van der Waals surface area contributed by atoms with Crippen molar-refractivity contribution in [2.24, 2.45) is 5.73 Å². The minimum Gasteiger partial charge on any atom is -0.330 e. The van der Waals surface area contributed by atoms with Crippen molar-refractivity contribution in [2.45, 2.75) is 33.1 Å². The zero-order valence-electron chi connectivity index (χ0n) is 9.86. The molecule has 0 heterocycles. The van der Waals surface area contributed by atoms with Crippen LogP contribution in [-0.4, -0.2) is 12.3 Å². The molecule has 1 atom stereocenters. The third-order valence-electron chi connectivity index (χ3n) is 2.09. The van der Waals surface area contributed by atoms with Crippen molar-refractivity contribution < 1.29 is 4.79 Å². The van der Waals surface area contributed by atoms with Gasteiger partial charge < -0.3 is 10.5 Å². The van der Waals surface area contributed by atoms with Gasteiger partial charge in [0.25, 0.3) is 0 Å². The second kappa shape index (κ2) is 8.18. The van der Waals surface area contributed by atoms with Crippen LogP contribution < -0.4 is 5.73 Å². The van der Waals surface area contributed by atoms with E-state index < -0.39 is 0 Å². The maximum Gasteiger partial charge on any atom is 0.130 e. The first-order chi connectivity index (χ1) is 7.24. The predicted molar refractivity (Wildman–Crippen MR) is 64.9 cm³/mol. The van der Waals surface area contributed by atoms with Gasteiger partial charge in [0.05, 0.1) is 0 Å². The van der Waals surface area contributed by atoms with Crippen LogP contribution in [0.1, 0.15) is 38.7 Å². The normalized spacial score (nSPS) is 11.2. The molecule has 0 aromatic heterocycles. The molecule has 0 radical (unpaired) electrons. The summed E-state index contributed by atoms with van der Waals surface area (Å²) in [5, 5.41) is 0. The highest BCUT2D eigenvalue weighted by molar-refractivity contribution is 5.76. The minimum absolute atomic E-state index is 0.179. The van der Waals surface area contributed by atoms with E-state index in [1.54, 1.807) is 6.92 Å². The van der Waals surface area contributed by atoms with E-state index in [-0.39, 0.29) is 11.7 Å². The summed E-state index contributed by atoms with van der Waals surface area (Å²) in [5.74, 6) is 0.373. The summed E-state index contributed by atoms with van der Waals surface area (Å²) in [4.78, 5) is 10.9. The zero-order chi connectivity index (χ0) is 11.7. The molecule has 2 heteroatoms. The molecule has 0 amide bonds. The molecule has 15 heavy (non-hydrogen) atoms. The smallest absolute Gasteiger partial charge is 0.130 e. The largest absolute Gasteiger partial charge is 0.330 e. The molecule has 0 fully saturated rings. The van der Waals surface area contributed by atoms with Gasteiger partial charge in [0.15, 0.2) is 0 Å². The van der Waals surface area contributed by atoms with Crippen molar-refractivity contribution in [3.05, 3.63) is 35.9 Å². The number of ketones is 1. The first kappa shape index (κ1) is 13.8. The van der Waals surface area contributed by atoms with Gasteiger partial charge in [0.2, 0.25) is 0 Å². The molecule has 0 saturated carbocycles. The van der Waals surface area contributed by atoms with Crippen molar-refractivity contribution in [1.29, 1.82) is 0 Å². The van der Waals surface area contributed by atoms with E-state index in [4.69, 9.17) is 5.73 Å². The molecule has 1 rings (SSSR count). The van der Waals surface area contributed by atoms with Gasteiger partial charge in [0, 0.05) is 12.3 Å². The van der Waals surface area contributed by atoms with Gasteiger partial charge in [0.1, 0.15) is 5.78 Å². The van der Waals surface area contributed by atoms with Gasteiger partial charge >= 0.3 is 0 Å². The maximum absolute atomic E-state index is 10.9. The van der Waals surface area contributed by atoms with Crippen molar-refractivity contribution in [1.82, 2.24) is 0 Å². The molecular formula is C13H21NO. The van der Waals surface area contributed by atoms with E-state index in [0.717, 1.165) is 5.56 Å². The molecule has 2 nitrogen and oxygen atoms in total. The van der Waals surface area contributed by atoms with Crippen molar-refractivity contribution in [3.63, 3.8) is 0 Å². The van der Waals surface area contributed by atoms with Gasteiger partial charge in [-0.1, -0.05) is 44.2 Å². The monoisotopic (exact) mass is 207 g/mol. The summed E-state index contributed by atoms with van der Waals surface area (Å²) in [7, 11) is 0. The van der Waals surface area contributed by atoms with Crippen LogP contribution in [0, 0.1) is 0 Å². The lowest BCUT2D eigenvalue weighted by Crippen LogP contribution is -2.15. The van der Waals surface area contributed by atoms with Crippen LogP contribution in [-0.2, 0) is 4.79 Å². The second-order valence-corrected chi connectivity index (χ2v) is 3.25. The van der Waals surface area contributed by atoms with Crippen LogP contribution in [0.5, 0.6) is 0 Å². The number of rotatable bonds is 4. The van der Waals surface area contributed by atoms with Crippen LogP contribution in [0.2, 0.25) is 0 Å². The summed E-state index contributed by atoms with van der Waals surface area (Å²) >= 11 is 0. The summed E-state index contributed by atoms with van der Waals surface area (Å²) in [6.07, 6.45) is 0.542. The fourth-order valence-corrected chi connectivity index (χ4v) is 1.41. The van der Waals surface area contributed by atoms with Crippen LogP contribution in [0.4, 0.5) is 0 Å². The molecule has 0 saturated heterocycles. The minimum atomic E-state index is 0.179. The first-order valence-electron chi connectivity index (χ1n) is 5.48. The zero-order valence-corrected chi connectivity index (χ0v) is 9.86. The van der Waals surface area contributed by atoms with Crippen LogP contribution in [0.15, 0.2) is 30.3 Å². The Hall–Kier alpha value is -1.15. The van der Waals surface area contributed by atoms with Gasteiger partial charge in [-0.25, -0.2) is 0 Å². The van der Waals surface area contributed by atoms with Crippen LogP contribution in [0.3, 0.4) is 0 Å². The number of carbonyl (C=O) groups excluding carboxylic acids is 1. The van der Waals surface area contributed by atoms with Gasteiger partial charge in [-0.2, -0.15) is 0 Å². The third-order valence-corrected chi connectivity index (χ3v) is 2.09. The fourth-order valence-electron chi connectivity index (χ4n) is 1.41. The Morgan fingerprint density at radius 3 is 2.20 bits per heavy atom. The molecule has 1 aromatic carbocycles. The molecule has 1 unspecified atom stereocenters. The lowest BCUT2D eigenvalue weighted by atomic mass is 9.94. The SMILES string of the molecule is CC.CC(=O)CC(CN)c1ccccc1. The number of nitrogens with two attached hydrogens (primary N) is 1. The van der Waals surface area contributed by atoms with Crippen molar-refractivity contribution in [2.75, 3.05) is 6.54 Å². The standard InChI is InChI=1S/C11H15NO.C2H6/c1-9(13)7-11(8-12)10-5-3-2-4-6-10;1-2/h2-6,11H,7-8,12H2,1H3;1-2H3. The average molecular weight is 207 g/mol. The number of carbonyl (C=O) groups is 1. The summed E-state index contributed by atoms with van der Waals surface area (Å²) in [5.41, 5.74) is 6.75. The summed E-state index contributed by atoms with van der Waals surface area (Å²) in [6.45, 7) is 6.13. The molecule has 0 aliphatic carbocycles. The fraction of sp³-hybridized carbons (Fsp3) is 0.462. The van der Waals surface area contributed by atoms with E-state index in [2.05, 4.69) is 0 Å². The quantitative estimate of drug-likeness (QED) is 0.825. The van der Waals surface area contributed by atoms with Crippen LogP contribution in [0.25, 0.3) is 0 Å². The van der Waals surface area contributed by atoms with E-state index in [1.807, 2.05) is 44.2 Å². The lowest BCUT2D eigenvalue weighted by molar-refractivity contribution is -0.117. The van der Waals surface area contributed by atoms with Crippen molar-refractivity contribution in [3.8, 4) is 0 Å². The Labute approximate surface area is 92.5 Å². The van der Waals surface area contributed by atoms with Gasteiger partial charge in [-0.3, -0.25) is 0 Å². The predicted octanol–water partition coefficient (Wildman–Crippen LogP) is 2.73. The highest BCUT2D eigenvalue weighted by atomic mass is 16.1. The van der Waals surface area contributed by atoms with Gasteiger partial charge in [-0.05, 0) is 19.0 Å². The summed E-state index contributed by atoms with van der Waals surface area (Å²) < 4.78 is 0. The maximum atomic E-state index is 10.9. The molecular weight excluding hydrogens is 186 g/mol. The van der Waals surface area contributed by atoms with Gasteiger partial charge in [-0.15, -0.1) is 0 Å².